The summed E-state index contributed by atoms with van der Waals surface area (Å²) in [5, 5.41) is 18.9. The van der Waals surface area contributed by atoms with Crippen molar-refractivity contribution in [2.24, 2.45) is 0 Å². The number of aliphatic hydroxyl groups is 2. The molecule has 14 heavy (non-hydrogen) atoms. The first kappa shape index (κ1) is 10.3. The molecule has 2 fully saturated rings. The fourth-order valence-electron chi connectivity index (χ4n) is 2.00. The lowest BCUT2D eigenvalue weighted by atomic mass is 10.1. The van der Waals surface area contributed by atoms with Gasteiger partial charge in [-0.15, -0.1) is 0 Å². The summed E-state index contributed by atoms with van der Waals surface area (Å²) in [6, 6.07) is 0. The maximum atomic E-state index is 9.51. The highest BCUT2D eigenvalue weighted by Crippen LogP contribution is 2.38. The summed E-state index contributed by atoms with van der Waals surface area (Å²) in [5.74, 6) is -0.715. The lowest BCUT2D eigenvalue weighted by molar-refractivity contribution is -0.229. The predicted octanol–water partition coefficient (Wildman–Crippen LogP) is -0.396. The third kappa shape index (κ3) is 1.55. The zero-order valence-corrected chi connectivity index (χ0v) is 8.51. The summed E-state index contributed by atoms with van der Waals surface area (Å²) in [6.45, 7) is 5.16. The van der Waals surface area contributed by atoms with Crippen molar-refractivity contribution in [1.29, 1.82) is 0 Å². The molecule has 5 heteroatoms. The van der Waals surface area contributed by atoms with Gasteiger partial charge in [-0.05, 0) is 20.8 Å². The Labute approximate surface area is 82.6 Å². The van der Waals surface area contributed by atoms with Crippen molar-refractivity contribution < 1.29 is 24.4 Å². The third-order valence-electron chi connectivity index (χ3n) is 2.54. The highest BCUT2D eigenvalue weighted by atomic mass is 16.8. The van der Waals surface area contributed by atoms with Crippen LogP contribution >= 0.6 is 0 Å². The molecule has 5 atom stereocenters. The fourth-order valence-corrected chi connectivity index (χ4v) is 2.00. The molecule has 2 N–H and O–H groups in total. The number of hydrogen-bond acceptors (Lipinski definition) is 5. The zero-order valence-electron chi connectivity index (χ0n) is 8.51. The van der Waals surface area contributed by atoms with E-state index in [1.807, 2.05) is 0 Å². The smallest absolute Gasteiger partial charge is 0.184 e. The number of aliphatic hydroxyl groups excluding tert-OH is 2. The first-order valence-electron chi connectivity index (χ1n) is 4.78. The molecule has 5 nitrogen and oxygen atoms in total. The van der Waals surface area contributed by atoms with E-state index >= 15 is 0 Å². The van der Waals surface area contributed by atoms with Gasteiger partial charge in [0.15, 0.2) is 12.1 Å². The SMILES string of the molecule is C[C@H](O)[C@@H]1O[C@H](O)[C@@H]2OC(C)(C)O[C@H]12. The van der Waals surface area contributed by atoms with Gasteiger partial charge in [-0.2, -0.15) is 0 Å². The summed E-state index contributed by atoms with van der Waals surface area (Å²) in [5.41, 5.74) is 0. The molecule has 2 rings (SSSR count). The van der Waals surface area contributed by atoms with Gasteiger partial charge < -0.3 is 24.4 Å². The van der Waals surface area contributed by atoms with Crippen molar-refractivity contribution in [3.63, 3.8) is 0 Å². The second-order valence-corrected chi connectivity index (χ2v) is 4.30. The van der Waals surface area contributed by atoms with E-state index in [-0.39, 0.29) is 6.10 Å². The molecule has 0 radical (unpaired) electrons. The van der Waals surface area contributed by atoms with Crippen LogP contribution in [0, 0.1) is 0 Å². The predicted molar refractivity (Wildman–Crippen MR) is 46.4 cm³/mol. The van der Waals surface area contributed by atoms with E-state index in [0.717, 1.165) is 0 Å². The fraction of sp³-hybridized carbons (Fsp3) is 1.00. The maximum Gasteiger partial charge on any atom is 0.184 e. The van der Waals surface area contributed by atoms with Crippen LogP contribution in [0.3, 0.4) is 0 Å². The average molecular weight is 204 g/mol. The molecule has 0 aromatic rings. The van der Waals surface area contributed by atoms with Crippen LogP contribution in [0.25, 0.3) is 0 Å². The molecule has 0 aliphatic carbocycles. The molecular weight excluding hydrogens is 188 g/mol. The summed E-state index contributed by atoms with van der Waals surface area (Å²) < 4.78 is 16.1. The monoisotopic (exact) mass is 204 g/mol. The number of hydrogen-bond donors (Lipinski definition) is 2. The van der Waals surface area contributed by atoms with Gasteiger partial charge in [-0.1, -0.05) is 0 Å². The molecule has 82 valence electrons. The van der Waals surface area contributed by atoms with Crippen molar-refractivity contribution in [3.8, 4) is 0 Å². The van der Waals surface area contributed by atoms with Gasteiger partial charge >= 0.3 is 0 Å². The molecule has 2 aliphatic rings. The van der Waals surface area contributed by atoms with Crippen LogP contribution < -0.4 is 0 Å². The van der Waals surface area contributed by atoms with Crippen LogP contribution in [0.4, 0.5) is 0 Å². The van der Waals surface area contributed by atoms with Crippen LogP contribution in [-0.2, 0) is 14.2 Å². The molecule has 0 unspecified atom stereocenters. The van der Waals surface area contributed by atoms with Crippen molar-refractivity contribution in [2.75, 3.05) is 0 Å². The molecule has 0 spiro atoms. The Balaban J connectivity index is 2.15. The van der Waals surface area contributed by atoms with E-state index in [4.69, 9.17) is 14.2 Å². The molecule has 2 aliphatic heterocycles. The third-order valence-corrected chi connectivity index (χ3v) is 2.54. The zero-order chi connectivity index (χ0) is 10.5. The Morgan fingerprint density at radius 3 is 2.36 bits per heavy atom. The van der Waals surface area contributed by atoms with E-state index in [2.05, 4.69) is 0 Å². The standard InChI is InChI=1S/C9H16O5/c1-4(10)5-6-7(8(11)12-5)14-9(2,3)13-6/h4-8,10-11H,1-3H3/t4-,5-,6+,7+,8-/m0/s1. The molecule has 0 aromatic carbocycles. The molecule has 0 bridgehead atoms. The van der Waals surface area contributed by atoms with E-state index in [0.29, 0.717) is 0 Å². The van der Waals surface area contributed by atoms with Crippen molar-refractivity contribution in [3.05, 3.63) is 0 Å². The second kappa shape index (κ2) is 3.15. The van der Waals surface area contributed by atoms with Gasteiger partial charge in [-0.3, -0.25) is 0 Å². The normalized spacial score (nSPS) is 47.8. The Bertz CT molecular complexity index is 225. The van der Waals surface area contributed by atoms with E-state index in [1.54, 1.807) is 20.8 Å². The number of ether oxygens (including phenoxy) is 3. The van der Waals surface area contributed by atoms with Gasteiger partial charge in [-0.25, -0.2) is 0 Å². The van der Waals surface area contributed by atoms with Gasteiger partial charge in [0, 0.05) is 0 Å². The van der Waals surface area contributed by atoms with Crippen LogP contribution in [-0.4, -0.2) is 46.7 Å². The summed E-state index contributed by atoms with van der Waals surface area (Å²) >= 11 is 0. The maximum absolute atomic E-state index is 9.51. The Morgan fingerprint density at radius 2 is 1.79 bits per heavy atom. The molecule has 0 aromatic heterocycles. The Hall–Kier alpha value is -0.200. The molecular formula is C9H16O5. The van der Waals surface area contributed by atoms with Crippen LogP contribution in [0.5, 0.6) is 0 Å². The van der Waals surface area contributed by atoms with Crippen molar-refractivity contribution in [2.45, 2.75) is 57.3 Å². The molecule has 2 heterocycles. The number of rotatable bonds is 1. The number of fused-ring (bicyclic) bond motifs is 1. The quantitative estimate of drug-likeness (QED) is 0.608. The van der Waals surface area contributed by atoms with Crippen molar-refractivity contribution in [1.82, 2.24) is 0 Å². The Kier molecular flexibility index (Phi) is 2.32. The first-order chi connectivity index (χ1) is 6.41. The van der Waals surface area contributed by atoms with Gasteiger partial charge in [0.1, 0.15) is 18.3 Å². The molecule has 0 amide bonds. The molecule has 2 saturated heterocycles. The van der Waals surface area contributed by atoms with Gasteiger partial charge in [0.05, 0.1) is 6.10 Å². The molecule has 0 saturated carbocycles. The first-order valence-corrected chi connectivity index (χ1v) is 4.78. The minimum atomic E-state index is -1.01. The minimum Gasteiger partial charge on any atom is -0.391 e. The topological polar surface area (TPSA) is 68.2 Å². The van der Waals surface area contributed by atoms with Crippen LogP contribution in [0.1, 0.15) is 20.8 Å². The Morgan fingerprint density at radius 1 is 1.21 bits per heavy atom. The lowest BCUT2D eigenvalue weighted by Crippen LogP contribution is -2.36. The van der Waals surface area contributed by atoms with Gasteiger partial charge in [0.2, 0.25) is 0 Å². The average Bonchev–Trinajstić information content (AvgIpc) is 2.47. The lowest BCUT2D eigenvalue weighted by Gasteiger charge is -2.23. The second-order valence-electron chi connectivity index (χ2n) is 4.30. The summed E-state index contributed by atoms with van der Waals surface area (Å²) in [4.78, 5) is 0. The van der Waals surface area contributed by atoms with E-state index in [1.165, 1.54) is 0 Å². The van der Waals surface area contributed by atoms with E-state index in [9.17, 15) is 10.2 Å². The van der Waals surface area contributed by atoms with E-state index < -0.39 is 30.4 Å². The van der Waals surface area contributed by atoms with Crippen molar-refractivity contribution >= 4 is 0 Å². The summed E-state index contributed by atoms with van der Waals surface area (Å²) in [7, 11) is 0. The van der Waals surface area contributed by atoms with Crippen LogP contribution in [0.15, 0.2) is 0 Å². The highest BCUT2D eigenvalue weighted by molar-refractivity contribution is 4.96. The minimum absolute atomic E-state index is 0.389. The van der Waals surface area contributed by atoms with Crippen LogP contribution in [0.2, 0.25) is 0 Å². The highest BCUT2D eigenvalue weighted by Gasteiger charge is 2.55. The largest absolute Gasteiger partial charge is 0.391 e. The summed E-state index contributed by atoms with van der Waals surface area (Å²) in [6.07, 6.45) is -3.10. The van der Waals surface area contributed by atoms with Gasteiger partial charge in [0.25, 0.3) is 0 Å².